The molecule has 11 heavy (non-hydrogen) atoms. The Bertz CT molecular complexity index is 290. The third-order valence-electron chi connectivity index (χ3n) is 1.30. The maximum atomic E-state index is 12.1. The summed E-state index contributed by atoms with van der Waals surface area (Å²) in [6, 6.07) is 0. The molecule has 0 amide bonds. The topological polar surface area (TPSA) is 33.6 Å². The standard InChI is InChI=1S/C5H7F2N3S/c1-2-10-4(3(6)7)8-9-5(10)11/h3H,2H2,1H3,(H,9,11). The van der Waals surface area contributed by atoms with E-state index in [-0.39, 0.29) is 10.6 Å². The van der Waals surface area contributed by atoms with Crippen molar-refractivity contribution in [2.75, 3.05) is 0 Å². The van der Waals surface area contributed by atoms with Crippen LogP contribution in [0.3, 0.4) is 0 Å². The Morgan fingerprint density at radius 2 is 2.36 bits per heavy atom. The zero-order valence-electron chi connectivity index (χ0n) is 5.84. The van der Waals surface area contributed by atoms with Gasteiger partial charge in [0.1, 0.15) is 0 Å². The number of hydrogen-bond acceptors (Lipinski definition) is 2. The number of halogens is 2. The van der Waals surface area contributed by atoms with Gasteiger partial charge in [0.25, 0.3) is 6.43 Å². The van der Waals surface area contributed by atoms with Crippen molar-refractivity contribution in [1.82, 2.24) is 14.8 Å². The molecule has 0 aliphatic carbocycles. The lowest BCUT2D eigenvalue weighted by molar-refractivity contribution is 0.135. The number of aromatic nitrogens is 3. The van der Waals surface area contributed by atoms with E-state index in [0.717, 1.165) is 0 Å². The Hall–Kier alpha value is -0.780. The van der Waals surface area contributed by atoms with Gasteiger partial charge in [-0.25, -0.2) is 8.78 Å². The van der Waals surface area contributed by atoms with E-state index in [9.17, 15) is 8.78 Å². The van der Waals surface area contributed by atoms with Gasteiger partial charge in [0.2, 0.25) is 0 Å². The van der Waals surface area contributed by atoms with Gasteiger partial charge in [0.15, 0.2) is 10.6 Å². The van der Waals surface area contributed by atoms with Gasteiger partial charge >= 0.3 is 0 Å². The fourth-order valence-corrected chi connectivity index (χ4v) is 1.07. The van der Waals surface area contributed by atoms with Gasteiger partial charge in [-0.05, 0) is 19.1 Å². The van der Waals surface area contributed by atoms with E-state index < -0.39 is 6.43 Å². The number of hydrogen-bond donors (Lipinski definition) is 1. The molecule has 0 fully saturated rings. The Balaban J connectivity index is 3.16. The molecule has 1 aromatic rings. The minimum absolute atomic E-state index is 0.239. The monoisotopic (exact) mass is 179 g/mol. The fourth-order valence-electron chi connectivity index (χ4n) is 0.802. The first-order valence-electron chi connectivity index (χ1n) is 3.10. The van der Waals surface area contributed by atoms with Crippen LogP contribution in [0.5, 0.6) is 0 Å². The lowest BCUT2D eigenvalue weighted by Crippen LogP contribution is -2.01. The zero-order valence-corrected chi connectivity index (χ0v) is 6.66. The van der Waals surface area contributed by atoms with Crippen molar-refractivity contribution in [2.45, 2.75) is 19.9 Å². The summed E-state index contributed by atoms with van der Waals surface area (Å²) in [4.78, 5) is 0. The van der Waals surface area contributed by atoms with Gasteiger partial charge in [-0.3, -0.25) is 9.67 Å². The average Bonchev–Trinajstić information content (AvgIpc) is 2.30. The summed E-state index contributed by atoms with van der Waals surface area (Å²) in [6.45, 7) is 2.15. The van der Waals surface area contributed by atoms with Gasteiger partial charge in [-0.15, -0.1) is 0 Å². The minimum atomic E-state index is -2.57. The molecule has 0 bridgehead atoms. The van der Waals surface area contributed by atoms with Gasteiger partial charge in [0.05, 0.1) is 0 Å². The van der Waals surface area contributed by atoms with Crippen LogP contribution in [-0.4, -0.2) is 14.8 Å². The summed E-state index contributed by atoms with van der Waals surface area (Å²) in [5.74, 6) is -0.294. The number of alkyl halides is 2. The van der Waals surface area contributed by atoms with E-state index in [0.29, 0.717) is 6.54 Å². The Kier molecular flexibility index (Phi) is 2.33. The van der Waals surface area contributed by atoms with Crippen molar-refractivity contribution in [3.63, 3.8) is 0 Å². The zero-order chi connectivity index (χ0) is 8.43. The Labute approximate surface area is 67.0 Å². The molecule has 1 rings (SSSR count). The molecule has 0 spiro atoms. The predicted molar refractivity (Wildman–Crippen MR) is 38.0 cm³/mol. The highest BCUT2D eigenvalue weighted by Gasteiger charge is 2.14. The first-order valence-corrected chi connectivity index (χ1v) is 3.51. The lowest BCUT2D eigenvalue weighted by atomic mass is 10.6. The van der Waals surface area contributed by atoms with Crippen LogP contribution >= 0.6 is 12.2 Å². The fraction of sp³-hybridized carbons (Fsp3) is 0.600. The molecular formula is C5H7F2N3S. The Morgan fingerprint density at radius 3 is 2.73 bits per heavy atom. The molecule has 0 atom stereocenters. The molecule has 0 aliphatic heterocycles. The number of nitrogens with one attached hydrogen (secondary N) is 1. The van der Waals surface area contributed by atoms with Gasteiger partial charge in [0, 0.05) is 6.54 Å². The molecule has 0 aliphatic rings. The van der Waals surface area contributed by atoms with Crippen molar-refractivity contribution in [1.29, 1.82) is 0 Å². The summed E-state index contributed by atoms with van der Waals surface area (Å²) in [7, 11) is 0. The summed E-state index contributed by atoms with van der Waals surface area (Å²) in [5, 5.41) is 5.69. The van der Waals surface area contributed by atoms with E-state index in [1.165, 1.54) is 4.57 Å². The highest BCUT2D eigenvalue weighted by molar-refractivity contribution is 7.71. The SMILES string of the molecule is CCn1c(C(F)F)n[nH]c1=S. The van der Waals surface area contributed by atoms with Gasteiger partial charge in [-0.2, -0.15) is 5.10 Å². The summed E-state index contributed by atoms with van der Waals surface area (Å²) in [6.07, 6.45) is -2.57. The van der Waals surface area contributed by atoms with Crippen LogP contribution in [0.1, 0.15) is 19.2 Å². The smallest absolute Gasteiger partial charge is 0.297 e. The molecule has 0 unspecified atom stereocenters. The van der Waals surface area contributed by atoms with E-state index in [1.54, 1.807) is 6.92 Å². The summed E-state index contributed by atoms with van der Waals surface area (Å²) < 4.78 is 25.7. The van der Waals surface area contributed by atoms with E-state index in [1.807, 2.05) is 0 Å². The maximum absolute atomic E-state index is 12.1. The molecule has 1 aromatic heterocycles. The third kappa shape index (κ3) is 1.45. The van der Waals surface area contributed by atoms with Crippen molar-refractivity contribution in [2.24, 2.45) is 0 Å². The number of nitrogens with zero attached hydrogens (tertiary/aromatic N) is 2. The van der Waals surface area contributed by atoms with E-state index in [2.05, 4.69) is 10.2 Å². The van der Waals surface area contributed by atoms with Crippen LogP contribution in [0, 0.1) is 4.77 Å². The second-order valence-electron chi connectivity index (χ2n) is 1.93. The second kappa shape index (κ2) is 3.08. The highest BCUT2D eigenvalue weighted by Crippen LogP contribution is 2.15. The van der Waals surface area contributed by atoms with Crippen LogP contribution in [0.4, 0.5) is 8.78 Å². The molecule has 0 saturated carbocycles. The largest absolute Gasteiger partial charge is 0.300 e. The minimum Gasteiger partial charge on any atom is -0.300 e. The molecule has 1 heterocycles. The van der Waals surface area contributed by atoms with Crippen molar-refractivity contribution < 1.29 is 8.78 Å². The van der Waals surface area contributed by atoms with E-state index in [4.69, 9.17) is 12.2 Å². The van der Waals surface area contributed by atoms with Gasteiger partial charge in [-0.1, -0.05) is 0 Å². The van der Waals surface area contributed by atoms with Crippen molar-refractivity contribution in [3.8, 4) is 0 Å². The molecule has 62 valence electrons. The number of H-pyrrole nitrogens is 1. The van der Waals surface area contributed by atoms with Crippen LogP contribution in [0.15, 0.2) is 0 Å². The summed E-state index contributed by atoms with van der Waals surface area (Å²) in [5.41, 5.74) is 0. The molecule has 1 N–H and O–H groups in total. The molecule has 3 nitrogen and oxygen atoms in total. The molecule has 0 aromatic carbocycles. The second-order valence-corrected chi connectivity index (χ2v) is 2.32. The van der Waals surface area contributed by atoms with Crippen LogP contribution in [-0.2, 0) is 6.54 Å². The van der Waals surface area contributed by atoms with Crippen LogP contribution in [0.2, 0.25) is 0 Å². The predicted octanol–water partition coefficient (Wildman–Crippen LogP) is 1.90. The molecule has 0 radical (unpaired) electrons. The number of aromatic amines is 1. The molecular weight excluding hydrogens is 172 g/mol. The van der Waals surface area contributed by atoms with Crippen molar-refractivity contribution >= 4 is 12.2 Å². The quantitative estimate of drug-likeness (QED) is 0.703. The maximum Gasteiger partial charge on any atom is 0.297 e. The summed E-state index contributed by atoms with van der Waals surface area (Å²) >= 11 is 4.70. The average molecular weight is 179 g/mol. The highest BCUT2D eigenvalue weighted by atomic mass is 32.1. The van der Waals surface area contributed by atoms with Crippen LogP contribution in [0.25, 0.3) is 0 Å². The van der Waals surface area contributed by atoms with Crippen molar-refractivity contribution in [3.05, 3.63) is 10.6 Å². The number of rotatable bonds is 2. The normalized spacial score (nSPS) is 10.9. The first-order chi connectivity index (χ1) is 5.16. The molecule has 0 saturated heterocycles. The third-order valence-corrected chi connectivity index (χ3v) is 1.61. The van der Waals surface area contributed by atoms with E-state index >= 15 is 0 Å². The molecule has 6 heteroatoms. The first kappa shape index (κ1) is 8.32. The van der Waals surface area contributed by atoms with Crippen LogP contribution < -0.4 is 0 Å². The Morgan fingerprint density at radius 1 is 1.73 bits per heavy atom. The lowest BCUT2D eigenvalue weighted by Gasteiger charge is -1.99. The van der Waals surface area contributed by atoms with Gasteiger partial charge < -0.3 is 0 Å².